The molecule has 2 aliphatic rings. The first-order valence-electron chi connectivity index (χ1n) is 16.4. The van der Waals surface area contributed by atoms with Gasteiger partial charge >= 0.3 is 6.01 Å². The van der Waals surface area contributed by atoms with Crippen molar-refractivity contribution in [2.24, 2.45) is 4.99 Å². The van der Waals surface area contributed by atoms with Gasteiger partial charge in [0.25, 0.3) is 0 Å². The second-order valence-corrected chi connectivity index (χ2v) is 12.4. The number of aromatic nitrogens is 3. The van der Waals surface area contributed by atoms with Crippen LogP contribution in [0.2, 0.25) is 0 Å². The summed E-state index contributed by atoms with van der Waals surface area (Å²) < 4.78 is 52.4. The Kier molecular flexibility index (Phi) is 9.60. The van der Waals surface area contributed by atoms with E-state index in [1.54, 1.807) is 32.3 Å². The normalized spacial score (nSPS) is 19.8. The van der Waals surface area contributed by atoms with Gasteiger partial charge in [-0.3, -0.25) is 9.88 Å². The number of ether oxygens (including phenoxy) is 1. The zero-order valence-corrected chi connectivity index (χ0v) is 27.9. The van der Waals surface area contributed by atoms with E-state index in [4.69, 9.17) is 4.74 Å². The Hall–Kier alpha value is -4.97. The lowest BCUT2D eigenvalue weighted by Gasteiger charge is -2.30. The highest BCUT2D eigenvalue weighted by Crippen LogP contribution is 2.41. The molecule has 0 radical (unpaired) electrons. The quantitative estimate of drug-likeness (QED) is 0.109. The number of benzene rings is 2. The average molecular weight is 672 g/mol. The van der Waals surface area contributed by atoms with Gasteiger partial charge in [-0.15, -0.1) is 0 Å². The van der Waals surface area contributed by atoms with Crippen molar-refractivity contribution in [2.45, 2.75) is 51.2 Å². The molecular weight excluding hydrogens is 631 g/mol. The predicted molar refractivity (Wildman–Crippen MR) is 188 cm³/mol. The number of fused-ring (bicyclic) bond motifs is 3. The van der Waals surface area contributed by atoms with Crippen LogP contribution in [0.25, 0.3) is 32.9 Å². The molecule has 6 rings (SSSR count). The number of nitrogens with zero attached hydrogens (tertiary/aromatic N) is 5. The third-order valence-electron chi connectivity index (χ3n) is 9.46. The average Bonchev–Trinajstić information content (AvgIpc) is 3.62. The van der Waals surface area contributed by atoms with Crippen LogP contribution in [0.4, 0.5) is 19.0 Å². The summed E-state index contributed by atoms with van der Waals surface area (Å²) in [7, 11) is 1.74. The van der Waals surface area contributed by atoms with Crippen molar-refractivity contribution in [3.8, 4) is 23.0 Å². The maximum atomic E-state index is 16.8. The highest BCUT2D eigenvalue weighted by atomic mass is 19.1. The molecule has 49 heavy (non-hydrogen) atoms. The summed E-state index contributed by atoms with van der Waals surface area (Å²) in [5, 5.41) is 18.1. The first-order chi connectivity index (χ1) is 23.6. The summed E-state index contributed by atoms with van der Waals surface area (Å²) in [4.78, 5) is 20.1. The number of alkyl halides is 1. The van der Waals surface area contributed by atoms with Gasteiger partial charge in [-0.05, 0) is 72.8 Å². The monoisotopic (exact) mass is 671 g/mol. The van der Waals surface area contributed by atoms with Crippen molar-refractivity contribution in [3.05, 3.63) is 83.9 Å². The van der Waals surface area contributed by atoms with Crippen molar-refractivity contribution in [1.82, 2.24) is 25.2 Å². The summed E-state index contributed by atoms with van der Waals surface area (Å²) >= 11 is 0. The minimum absolute atomic E-state index is 0.0874. The number of anilines is 1. The lowest BCUT2D eigenvalue weighted by Crippen LogP contribution is -2.43. The predicted octanol–water partition coefficient (Wildman–Crippen LogP) is 7.02. The van der Waals surface area contributed by atoms with Crippen LogP contribution in [0.5, 0.6) is 11.8 Å². The molecule has 0 saturated carbocycles. The first kappa shape index (κ1) is 33.9. The number of hydrogen-bond donors (Lipinski definition) is 3. The van der Waals surface area contributed by atoms with E-state index < -0.39 is 23.3 Å². The van der Waals surface area contributed by atoms with Crippen LogP contribution < -0.4 is 15.4 Å². The molecule has 2 aromatic carbocycles. The lowest BCUT2D eigenvalue weighted by molar-refractivity contribution is 0.107. The molecule has 0 bridgehead atoms. The number of halogens is 3. The molecule has 0 spiro atoms. The molecule has 2 atom stereocenters. The van der Waals surface area contributed by atoms with Gasteiger partial charge < -0.3 is 20.5 Å². The van der Waals surface area contributed by atoms with E-state index in [1.807, 2.05) is 6.92 Å². The number of pyridine rings is 1. The molecule has 3 N–H and O–H groups in total. The topological polar surface area (TPSA) is 108 Å². The van der Waals surface area contributed by atoms with Crippen LogP contribution in [0.3, 0.4) is 0 Å². The van der Waals surface area contributed by atoms with Crippen LogP contribution >= 0.6 is 0 Å². The van der Waals surface area contributed by atoms with Crippen molar-refractivity contribution in [2.75, 3.05) is 38.6 Å². The van der Waals surface area contributed by atoms with Crippen molar-refractivity contribution < 1.29 is 23.0 Å². The van der Waals surface area contributed by atoms with Gasteiger partial charge in [-0.1, -0.05) is 32.2 Å². The molecule has 12 heteroatoms. The molecule has 4 aromatic rings. The van der Waals surface area contributed by atoms with Gasteiger partial charge in [0, 0.05) is 50.1 Å². The van der Waals surface area contributed by atoms with Gasteiger partial charge in [0.2, 0.25) is 0 Å². The minimum Gasteiger partial charge on any atom is -0.508 e. The molecule has 2 saturated heterocycles. The molecule has 0 aliphatic carbocycles. The minimum atomic E-state index is -0.947. The van der Waals surface area contributed by atoms with Crippen LogP contribution in [0, 0.1) is 11.6 Å². The van der Waals surface area contributed by atoms with E-state index in [0.29, 0.717) is 52.7 Å². The molecular formula is C37H40F3N7O2. The van der Waals surface area contributed by atoms with Crippen LogP contribution in [0.15, 0.2) is 71.7 Å². The number of nitrogens with one attached hydrogen (secondary N) is 2. The Morgan fingerprint density at radius 3 is 2.82 bits per heavy atom. The summed E-state index contributed by atoms with van der Waals surface area (Å²) in [6.07, 6.45) is 6.18. The summed E-state index contributed by atoms with van der Waals surface area (Å²) in [6.45, 7) is 13.2. The maximum Gasteiger partial charge on any atom is 0.319 e. The Balaban J connectivity index is 1.46. The zero-order valence-electron chi connectivity index (χ0n) is 27.9. The van der Waals surface area contributed by atoms with Crippen LogP contribution in [-0.4, -0.2) is 76.2 Å². The largest absolute Gasteiger partial charge is 0.508 e. The van der Waals surface area contributed by atoms with Gasteiger partial charge in [-0.25, -0.2) is 18.2 Å². The maximum absolute atomic E-state index is 16.8. The van der Waals surface area contributed by atoms with E-state index >= 15 is 4.39 Å². The molecule has 0 amide bonds. The molecule has 9 nitrogen and oxygen atoms in total. The van der Waals surface area contributed by atoms with Gasteiger partial charge in [0.05, 0.1) is 10.9 Å². The van der Waals surface area contributed by atoms with Crippen molar-refractivity contribution >= 4 is 33.7 Å². The Morgan fingerprint density at radius 2 is 2.08 bits per heavy atom. The number of rotatable bonds is 12. The van der Waals surface area contributed by atoms with E-state index in [1.165, 1.54) is 24.4 Å². The molecule has 0 unspecified atom stereocenters. The summed E-state index contributed by atoms with van der Waals surface area (Å²) in [5.41, 5.74) is 1.23. The lowest BCUT2D eigenvalue weighted by atomic mass is 9.94. The third kappa shape index (κ3) is 6.32. The Labute approximate surface area is 283 Å². The van der Waals surface area contributed by atoms with E-state index in [0.717, 1.165) is 19.4 Å². The molecule has 2 aromatic heterocycles. The fourth-order valence-corrected chi connectivity index (χ4v) is 7.20. The number of phenols is 1. The van der Waals surface area contributed by atoms with E-state index in [2.05, 4.69) is 48.6 Å². The van der Waals surface area contributed by atoms with Gasteiger partial charge in [-0.2, -0.15) is 9.97 Å². The van der Waals surface area contributed by atoms with E-state index in [-0.39, 0.29) is 52.9 Å². The van der Waals surface area contributed by atoms with Crippen molar-refractivity contribution in [1.29, 1.82) is 0 Å². The Morgan fingerprint density at radius 1 is 1.27 bits per heavy atom. The summed E-state index contributed by atoms with van der Waals surface area (Å²) in [6, 6.07) is 5.67. The Bertz CT molecular complexity index is 2010. The summed E-state index contributed by atoms with van der Waals surface area (Å²) in [5.74, 6) is -0.537. The molecule has 2 fully saturated rings. The fraction of sp³-hybridized carbons (Fsp3) is 0.351. The highest BCUT2D eigenvalue weighted by molar-refractivity contribution is 6.01. The SMILES string of the molecule is C=C/C(C(=C)CNc1nc(OC[C@@]23CCCN2C[C@H](F)C3)nc2c(F)c(-c3cc(O)cc4ccc(F)c(CC)c34)ncc12)=C(\N=CC)NC. The second-order valence-electron chi connectivity index (χ2n) is 12.4. The number of phenolic OH excluding ortho intramolecular Hbond substituents is 1. The third-order valence-corrected chi connectivity index (χ3v) is 9.46. The molecule has 256 valence electrons. The van der Waals surface area contributed by atoms with Crippen molar-refractivity contribution in [3.63, 3.8) is 0 Å². The smallest absolute Gasteiger partial charge is 0.319 e. The van der Waals surface area contributed by atoms with Crippen LogP contribution in [0.1, 0.15) is 38.7 Å². The number of aliphatic imine (C=N–C) groups is 1. The number of aromatic hydroxyl groups is 1. The van der Waals surface area contributed by atoms with E-state index in [9.17, 15) is 13.9 Å². The standard InChI is InChI=1S/C37H40F3N7O2/c1-6-25(34(41-5)42-8-3)21(4)17-44-35-28-18-43-32(27-15-24(48)14-22-10-11-29(39)26(7-2)30(22)27)31(40)33(28)45-36(46-35)49-20-37-12-9-13-47(37)19-23(38)16-37/h6,8,10-11,14-15,18,23,41,48H,1,4,7,9,12-13,16-17,19-20H2,2-3,5H3,(H,44,45,46)/b34-25+,42-8?/t23-,37+/m1/s1. The highest BCUT2D eigenvalue weighted by Gasteiger charge is 2.49. The van der Waals surface area contributed by atoms with Gasteiger partial charge in [0.1, 0.15) is 47.2 Å². The van der Waals surface area contributed by atoms with Crippen LogP contribution in [-0.2, 0) is 6.42 Å². The molecule has 4 heterocycles. The zero-order chi connectivity index (χ0) is 34.9. The number of hydrogen-bond acceptors (Lipinski definition) is 9. The first-order valence-corrected chi connectivity index (χ1v) is 16.4. The second kappa shape index (κ2) is 13.9. The van der Waals surface area contributed by atoms with Gasteiger partial charge in [0.15, 0.2) is 5.82 Å². The molecule has 2 aliphatic heterocycles. The fourth-order valence-electron chi connectivity index (χ4n) is 7.20. The number of allylic oxidation sites excluding steroid dienone is 1. The number of aryl methyl sites for hydroxylation is 1.